The van der Waals surface area contributed by atoms with E-state index in [1.54, 1.807) is 0 Å². The number of nitrogens with one attached hydrogen (secondary N) is 1. The molecule has 1 aliphatic carbocycles. The highest BCUT2D eigenvalue weighted by Gasteiger charge is 2.23. The topological polar surface area (TPSA) is 32.3 Å². The molecular weight excluding hydrogens is 162 g/mol. The molecule has 0 bridgehead atoms. The van der Waals surface area contributed by atoms with Crippen LogP contribution in [0.1, 0.15) is 40.0 Å². The number of aliphatic hydroxyl groups excluding tert-OH is 1. The molecule has 2 nitrogen and oxygen atoms in total. The van der Waals surface area contributed by atoms with Crippen LogP contribution >= 0.6 is 0 Å². The zero-order valence-corrected chi connectivity index (χ0v) is 9.14. The Balaban J connectivity index is 2.16. The maximum atomic E-state index is 9.18. The van der Waals surface area contributed by atoms with Crippen molar-refractivity contribution in [2.24, 2.45) is 11.3 Å². The van der Waals surface area contributed by atoms with Crippen molar-refractivity contribution in [3.8, 4) is 0 Å². The van der Waals surface area contributed by atoms with Gasteiger partial charge in [0.2, 0.25) is 0 Å². The van der Waals surface area contributed by atoms with E-state index in [4.69, 9.17) is 0 Å². The highest BCUT2D eigenvalue weighted by Crippen LogP contribution is 2.25. The predicted molar refractivity (Wildman–Crippen MR) is 55.7 cm³/mol. The van der Waals surface area contributed by atoms with Gasteiger partial charge in [-0.1, -0.05) is 20.8 Å². The van der Waals surface area contributed by atoms with E-state index < -0.39 is 0 Å². The number of hydrogen-bond acceptors (Lipinski definition) is 2. The molecule has 1 rings (SSSR count). The van der Waals surface area contributed by atoms with Crippen LogP contribution in [0.4, 0.5) is 0 Å². The van der Waals surface area contributed by atoms with Crippen LogP contribution in [0.3, 0.4) is 0 Å². The highest BCUT2D eigenvalue weighted by molar-refractivity contribution is 4.82. The summed E-state index contributed by atoms with van der Waals surface area (Å²) < 4.78 is 0. The lowest BCUT2D eigenvalue weighted by atomic mass is 9.85. The smallest absolute Gasteiger partial charge is 0.0471 e. The Kier molecular flexibility index (Phi) is 3.74. The molecule has 2 heteroatoms. The molecule has 0 aromatic carbocycles. The number of rotatable bonds is 5. The van der Waals surface area contributed by atoms with Gasteiger partial charge in [0.15, 0.2) is 0 Å². The molecule has 0 aromatic rings. The predicted octanol–water partition coefficient (Wildman–Crippen LogP) is 1.78. The second kappa shape index (κ2) is 4.43. The van der Waals surface area contributed by atoms with Crippen molar-refractivity contribution in [1.82, 2.24) is 5.32 Å². The molecule has 1 saturated carbocycles. The Labute approximate surface area is 81.7 Å². The maximum absolute atomic E-state index is 9.18. The minimum atomic E-state index is 0.316. The van der Waals surface area contributed by atoms with Crippen molar-refractivity contribution in [2.75, 3.05) is 13.2 Å². The summed E-state index contributed by atoms with van der Waals surface area (Å²) in [7, 11) is 0. The minimum Gasteiger partial charge on any atom is -0.396 e. The van der Waals surface area contributed by atoms with E-state index in [-0.39, 0.29) is 0 Å². The van der Waals surface area contributed by atoms with Gasteiger partial charge in [-0.05, 0) is 30.6 Å². The van der Waals surface area contributed by atoms with E-state index in [1.807, 2.05) is 0 Å². The van der Waals surface area contributed by atoms with Gasteiger partial charge in [-0.15, -0.1) is 0 Å². The fourth-order valence-corrected chi connectivity index (χ4v) is 1.69. The maximum Gasteiger partial charge on any atom is 0.0471 e. The fourth-order valence-electron chi connectivity index (χ4n) is 1.69. The van der Waals surface area contributed by atoms with E-state index in [2.05, 4.69) is 26.1 Å². The van der Waals surface area contributed by atoms with Crippen molar-refractivity contribution < 1.29 is 5.11 Å². The van der Waals surface area contributed by atoms with Gasteiger partial charge >= 0.3 is 0 Å². The van der Waals surface area contributed by atoms with Crippen LogP contribution in [0.15, 0.2) is 0 Å². The van der Waals surface area contributed by atoms with Crippen molar-refractivity contribution in [1.29, 1.82) is 0 Å². The summed E-state index contributed by atoms with van der Waals surface area (Å²) in [6.07, 6.45) is 3.75. The largest absolute Gasteiger partial charge is 0.396 e. The molecule has 0 radical (unpaired) electrons. The molecule has 1 aliphatic rings. The minimum absolute atomic E-state index is 0.316. The third kappa shape index (κ3) is 5.27. The summed E-state index contributed by atoms with van der Waals surface area (Å²) in [6.45, 7) is 7.99. The Bertz CT molecular complexity index is 147. The summed E-state index contributed by atoms with van der Waals surface area (Å²) in [4.78, 5) is 0. The van der Waals surface area contributed by atoms with E-state index in [1.165, 1.54) is 12.8 Å². The van der Waals surface area contributed by atoms with Gasteiger partial charge < -0.3 is 10.4 Å². The van der Waals surface area contributed by atoms with E-state index in [9.17, 15) is 5.11 Å². The number of aliphatic hydroxyl groups is 1. The van der Waals surface area contributed by atoms with E-state index >= 15 is 0 Å². The molecule has 0 amide bonds. The molecule has 0 spiro atoms. The van der Waals surface area contributed by atoms with Gasteiger partial charge in [-0.2, -0.15) is 0 Å². The molecule has 78 valence electrons. The van der Waals surface area contributed by atoms with E-state index in [0.29, 0.717) is 17.9 Å². The zero-order chi connectivity index (χ0) is 9.90. The molecule has 0 heterocycles. The Morgan fingerprint density at radius 1 is 1.38 bits per heavy atom. The standard InChI is InChI=1S/C11H23NO/c1-11(2,3)6-9(8-13)7-12-10-4-5-10/h9-10,12-13H,4-8H2,1-3H3. The van der Waals surface area contributed by atoms with Crippen molar-refractivity contribution in [2.45, 2.75) is 46.1 Å². The summed E-state index contributed by atoms with van der Waals surface area (Å²) in [5.74, 6) is 0.431. The van der Waals surface area contributed by atoms with Crippen LogP contribution in [-0.4, -0.2) is 24.3 Å². The van der Waals surface area contributed by atoms with E-state index in [0.717, 1.165) is 19.0 Å². The van der Waals surface area contributed by atoms with Gasteiger partial charge in [-0.3, -0.25) is 0 Å². The molecular formula is C11H23NO. The highest BCUT2D eigenvalue weighted by atomic mass is 16.3. The Hall–Kier alpha value is -0.0800. The summed E-state index contributed by atoms with van der Waals surface area (Å²) in [5, 5.41) is 12.7. The molecule has 1 unspecified atom stereocenters. The lowest BCUT2D eigenvalue weighted by Crippen LogP contribution is -2.29. The second-order valence-corrected chi connectivity index (χ2v) is 5.50. The zero-order valence-electron chi connectivity index (χ0n) is 9.14. The first-order valence-electron chi connectivity index (χ1n) is 5.35. The van der Waals surface area contributed by atoms with Gasteiger partial charge in [0.25, 0.3) is 0 Å². The Morgan fingerprint density at radius 2 is 2.00 bits per heavy atom. The summed E-state index contributed by atoms with van der Waals surface area (Å²) >= 11 is 0. The summed E-state index contributed by atoms with van der Waals surface area (Å²) in [6, 6.07) is 0.758. The molecule has 2 N–H and O–H groups in total. The Morgan fingerprint density at radius 3 is 2.38 bits per heavy atom. The SMILES string of the molecule is CC(C)(C)CC(CO)CNC1CC1. The first-order valence-corrected chi connectivity index (χ1v) is 5.35. The molecule has 1 fully saturated rings. The van der Waals surface area contributed by atoms with Crippen LogP contribution in [0.5, 0.6) is 0 Å². The normalized spacial score (nSPS) is 20.3. The monoisotopic (exact) mass is 185 g/mol. The average molecular weight is 185 g/mol. The van der Waals surface area contributed by atoms with Crippen LogP contribution < -0.4 is 5.32 Å². The lowest BCUT2D eigenvalue weighted by molar-refractivity contribution is 0.175. The second-order valence-electron chi connectivity index (χ2n) is 5.50. The summed E-state index contributed by atoms with van der Waals surface area (Å²) in [5.41, 5.74) is 0.332. The average Bonchev–Trinajstić information content (AvgIpc) is 2.78. The van der Waals surface area contributed by atoms with Crippen molar-refractivity contribution in [3.05, 3.63) is 0 Å². The molecule has 0 saturated heterocycles. The fraction of sp³-hybridized carbons (Fsp3) is 1.00. The quantitative estimate of drug-likeness (QED) is 0.684. The van der Waals surface area contributed by atoms with Gasteiger partial charge in [0.05, 0.1) is 0 Å². The first-order chi connectivity index (χ1) is 6.01. The molecule has 1 atom stereocenters. The third-order valence-corrected chi connectivity index (χ3v) is 2.43. The van der Waals surface area contributed by atoms with Gasteiger partial charge in [0.1, 0.15) is 0 Å². The molecule has 0 aliphatic heterocycles. The van der Waals surface area contributed by atoms with Gasteiger partial charge in [-0.25, -0.2) is 0 Å². The van der Waals surface area contributed by atoms with Crippen LogP contribution in [0, 0.1) is 11.3 Å². The van der Waals surface area contributed by atoms with Gasteiger partial charge in [0, 0.05) is 19.2 Å². The van der Waals surface area contributed by atoms with Crippen molar-refractivity contribution in [3.63, 3.8) is 0 Å². The molecule has 13 heavy (non-hydrogen) atoms. The lowest BCUT2D eigenvalue weighted by Gasteiger charge is -2.24. The number of hydrogen-bond donors (Lipinski definition) is 2. The molecule has 0 aromatic heterocycles. The van der Waals surface area contributed by atoms with Crippen LogP contribution in [0.2, 0.25) is 0 Å². The first kappa shape index (κ1) is 11.0. The van der Waals surface area contributed by atoms with Crippen molar-refractivity contribution >= 4 is 0 Å². The van der Waals surface area contributed by atoms with Crippen LogP contribution in [0.25, 0.3) is 0 Å². The third-order valence-electron chi connectivity index (χ3n) is 2.43. The van der Waals surface area contributed by atoms with Crippen LogP contribution in [-0.2, 0) is 0 Å².